The number of aliphatic hydroxyl groups is 2. The first-order chi connectivity index (χ1) is 14.5. The van der Waals surface area contributed by atoms with E-state index in [9.17, 15) is 14.4 Å². The van der Waals surface area contributed by atoms with Crippen molar-refractivity contribution >= 4 is 28.4 Å². The molecule has 1 aliphatic rings. The van der Waals surface area contributed by atoms with Crippen LogP contribution < -0.4 is 0 Å². The number of para-hydroxylation sites is 1. The van der Waals surface area contributed by atoms with Crippen LogP contribution in [0.2, 0.25) is 0 Å². The van der Waals surface area contributed by atoms with Crippen LogP contribution >= 0.6 is 0 Å². The van der Waals surface area contributed by atoms with Crippen molar-refractivity contribution in [3.63, 3.8) is 0 Å². The second-order valence-corrected chi connectivity index (χ2v) is 7.09. The fourth-order valence-electron chi connectivity index (χ4n) is 3.78. The number of pyridine rings is 1. The van der Waals surface area contributed by atoms with Gasteiger partial charge in [-0.05, 0) is 30.3 Å². The molecule has 0 saturated heterocycles. The molecule has 0 bridgehead atoms. The van der Waals surface area contributed by atoms with Crippen molar-refractivity contribution in [2.75, 3.05) is 26.3 Å². The van der Waals surface area contributed by atoms with Crippen LogP contribution in [-0.2, 0) is 0 Å². The molecule has 1 aliphatic carbocycles. The summed E-state index contributed by atoms with van der Waals surface area (Å²) in [7, 11) is 0. The largest absolute Gasteiger partial charge is 0.395 e. The maximum Gasteiger partial charge on any atom is 0.254 e. The molecule has 4 rings (SSSR count). The molecule has 152 valence electrons. The van der Waals surface area contributed by atoms with Gasteiger partial charge >= 0.3 is 0 Å². The lowest BCUT2D eigenvalue weighted by Gasteiger charge is -2.20. The average Bonchev–Trinajstić information content (AvgIpc) is 3.02. The van der Waals surface area contributed by atoms with Crippen LogP contribution in [0.15, 0.2) is 54.6 Å². The Labute approximate surface area is 172 Å². The van der Waals surface area contributed by atoms with Crippen LogP contribution in [0, 0.1) is 0 Å². The Hall–Kier alpha value is -3.42. The zero-order valence-electron chi connectivity index (χ0n) is 16.1. The number of fused-ring (bicyclic) bond motifs is 2. The second kappa shape index (κ2) is 8.14. The Morgan fingerprint density at radius 1 is 0.900 bits per heavy atom. The average molecular weight is 404 g/mol. The summed E-state index contributed by atoms with van der Waals surface area (Å²) < 4.78 is 0. The van der Waals surface area contributed by atoms with Gasteiger partial charge in [-0.15, -0.1) is 0 Å². The van der Waals surface area contributed by atoms with Crippen molar-refractivity contribution in [2.24, 2.45) is 0 Å². The highest BCUT2D eigenvalue weighted by molar-refractivity contribution is 6.30. The van der Waals surface area contributed by atoms with Gasteiger partial charge in [-0.3, -0.25) is 19.4 Å². The van der Waals surface area contributed by atoms with Crippen LogP contribution in [0.1, 0.15) is 42.7 Å². The number of aliphatic hydroxyl groups excluding tert-OH is 2. The van der Waals surface area contributed by atoms with E-state index in [4.69, 9.17) is 10.2 Å². The lowest BCUT2D eigenvalue weighted by molar-refractivity contribution is 0.0684. The van der Waals surface area contributed by atoms with Crippen LogP contribution in [-0.4, -0.2) is 63.9 Å². The third kappa shape index (κ3) is 3.38. The van der Waals surface area contributed by atoms with Crippen LogP contribution in [0.25, 0.3) is 10.9 Å². The molecular formula is C23H20N2O5. The Morgan fingerprint density at radius 2 is 1.60 bits per heavy atom. The van der Waals surface area contributed by atoms with Crippen molar-refractivity contribution in [1.82, 2.24) is 9.88 Å². The van der Waals surface area contributed by atoms with E-state index in [1.807, 2.05) is 30.3 Å². The fourth-order valence-corrected chi connectivity index (χ4v) is 3.78. The molecule has 0 fully saturated rings. The van der Waals surface area contributed by atoms with Gasteiger partial charge in [0, 0.05) is 35.2 Å². The molecule has 1 unspecified atom stereocenters. The number of carbonyl (C=O) groups excluding carboxylic acids is 3. The molecule has 0 spiro atoms. The quantitative estimate of drug-likeness (QED) is 0.607. The highest BCUT2D eigenvalue weighted by Gasteiger charge is 2.41. The molecule has 30 heavy (non-hydrogen) atoms. The topological polar surface area (TPSA) is 108 Å². The maximum absolute atomic E-state index is 13.1. The number of rotatable bonds is 6. The van der Waals surface area contributed by atoms with Gasteiger partial charge in [0.2, 0.25) is 0 Å². The monoisotopic (exact) mass is 404 g/mol. The van der Waals surface area contributed by atoms with Crippen molar-refractivity contribution in [1.29, 1.82) is 0 Å². The lowest BCUT2D eigenvalue weighted by atomic mass is 9.98. The summed E-state index contributed by atoms with van der Waals surface area (Å²) in [5.74, 6) is -2.17. The first-order valence-corrected chi connectivity index (χ1v) is 9.64. The number of Topliss-reactive ketones (excluding diaryl/α,β-unsaturated/α-hetero) is 2. The van der Waals surface area contributed by atoms with Gasteiger partial charge in [0.25, 0.3) is 5.91 Å². The summed E-state index contributed by atoms with van der Waals surface area (Å²) in [6.07, 6.45) is 0. The summed E-state index contributed by atoms with van der Waals surface area (Å²) in [4.78, 5) is 44.5. The molecule has 7 nitrogen and oxygen atoms in total. The van der Waals surface area contributed by atoms with Gasteiger partial charge < -0.3 is 15.1 Å². The van der Waals surface area contributed by atoms with E-state index in [0.717, 1.165) is 5.39 Å². The minimum Gasteiger partial charge on any atom is -0.395 e. The third-order valence-electron chi connectivity index (χ3n) is 5.26. The summed E-state index contributed by atoms with van der Waals surface area (Å²) in [5, 5.41) is 19.2. The Bertz CT molecular complexity index is 1150. The van der Waals surface area contributed by atoms with E-state index in [1.165, 1.54) is 23.1 Å². The fraction of sp³-hybridized carbons (Fsp3) is 0.217. The van der Waals surface area contributed by atoms with Crippen molar-refractivity contribution < 1.29 is 24.6 Å². The Balaban J connectivity index is 1.68. The molecular weight excluding hydrogens is 384 g/mol. The molecule has 0 aliphatic heterocycles. The first-order valence-electron chi connectivity index (χ1n) is 9.64. The zero-order chi connectivity index (χ0) is 21.3. The van der Waals surface area contributed by atoms with Crippen molar-refractivity contribution in [3.8, 4) is 0 Å². The number of nitrogens with zero attached hydrogens (tertiary/aromatic N) is 2. The summed E-state index contributed by atoms with van der Waals surface area (Å²) >= 11 is 0. The molecule has 1 heterocycles. The normalized spacial score (nSPS) is 15.5. The number of amides is 1. The van der Waals surface area contributed by atoms with Crippen LogP contribution in [0.5, 0.6) is 0 Å². The predicted molar refractivity (Wildman–Crippen MR) is 110 cm³/mol. The molecule has 1 atom stereocenters. The van der Waals surface area contributed by atoms with Crippen LogP contribution in [0.4, 0.5) is 0 Å². The highest BCUT2D eigenvalue weighted by Crippen LogP contribution is 2.34. The van der Waals surface area contributed by atoms with Gasteiger partial charge in [0.1, 0.15) is 5.92 Å². The number of hydrogen-bond acceptors (Lipinski definition) is 6. The van der Waals surface area contributed by atoms with E-state index in [-0.39, 0.29) is 54.6 Å². The third-order valence-corrected chi connectivity index (χ3v) is 5.26. The Kier molecular flexibility index (Phi) is 5.39. The SMILES string of the molecule is O=C1c2ccc(C(=O)N(CCO)CCO)cc2C(=O)C1c1ccc2ccccc2n1. The smallest absolute Gasteiger partial charge is 0.254 e. The van der Waals surface area contributed by atoms with Gasteiger partial charge in [0.05, 0.1) is 24.4 Å². The van der Waals surface area contributed by atoms with Gasteiger partial charge in [0.15, 0.2) is 11.6 Å². The van der Waals surface area contributed by atoms with Gasteiger partial charge in [-0.1, -0.05) is 24.3 Å². The molecule has 0 radical (unpaired) electrons. The Morgan fingerprint density at radius 3 is 2.33 bits per heavy atom. The zero-order valence-corrected chi connectivity index (χ0v) is 16.1. The van der Waals surface area contributed by atoms with E-state index >= 15 is 0 Å². The van der Waals surface area contributed by atoms with Crippen molar-refractivity contribution in [3.05, 3.63) is 77.0 Å². The molecule has 0 saturated carbocycles. The summed E-state index contributed by atoms with van der Waals surface area (Å²) in [5.41, 5.74) is 1.77. The minimum absolute atomic E-state index is 0.0625. The first kappa shape index (κ1) is 19.9. The number of carbonyl (C=O) groups is 3. The highest BCUT2D eigenvalue weighted by atomic mass is 16.3. The predicted octanol–water partition coefficient (Wildman–Crippen LogP) is 1.82. The standard InChI is InChI=1S/C23H20N2O5/c26-11-9-25(10-12-27)23(30)15-5-7-16-17(13-15)22(29)20(21(16)28)19-8-6-14-3-1-2-4-18(14)24-19/h1-8,13,20,26-27H,9-12H2. The van der Waals surface area contributed by atoms with Gasteiger partial charge in [-0.2, -0.15) is 0 Å². The molecule has 3 aromatic rings. The summed E-state index contributed by atoms with van der Waals surface area (Å²) in [6, 6.07) is 15.4. The molecule has 7 heteroatoms. The number of aromatic nitrogens is 1. The minimum atomic E-state index is -1.03. The van der Waals surface area contributed by atoms with Crippen molar-refractivity contribution in [2.45, 2.75) is 5.92 Å². The second-order valence-electron chi connectivity index (χ2n) is 7.09. The number of hydrogen-bond donors (Lipinski definition) is 2. The lowest BCUT2D eigenvalue weighted by Crippen LogP contribution is -2.35. The number of benzene rings is 2. The van der Waals surface area contributed by atoms with Crippen LogP contribution in [0.3, 0.4) is 0 Å². The van der Waals surface area contributed by atoms with E-state index in [0.29, 0.717) is 11.2 Å². The number of ketones is 2. The van der Waals surface area contributed by atoms with E-state index in [1.54, 1.807) is 6.07 Å². The van der Waals surface area contributed by atoms with Gasteiger partial charge in [-0.25, -0.2) is 0 Å². The summed E-state index contributed by atoms with van der Waals surface area (Å²) in [6.45, 7) is -0.367. The van der Waals surface area contributed by atoms with E-state index < -0.39 is 11.8 Å². The molecule has 1 aromatic heterocycles. The molecule has 2 aromatic carbocycles. The molecule has 2 N–H and O–H groups in total. The molecule has 1 amide bonds. The maximum atomic E-state index is 13.1. The van der Waals surface area contributed by atoms with E-state index in [2.05, 4.69) is 4.98 Å².